The summed E-state index contributed by atoms with van der Waals surface area (Å²) in [5, 5.41) is 16.7. The molecular weight excluding hydrogens is 330 g/mol. The van der Waals surface area contributed by atoms with E-state index in [9.17, 15) is 9.90 Å². The van der Waals surface area contributed by atoms with E-state index in [0.29, 0.717) is 6.42 Å². The van der Waals surface area contributed by atoms with Gasteiger partial charge in [-0.1, -0.05) is 75.5 Å². The first-order valence-corrected chi connectivity index (χ1v) is 10.1. The van der Waals surface area contributed by atoms with Crippen molar-refractivity contribution >= 4 is 11.8 Å². The highest BCUT2D eigenvalue weighted by molar-refractivity contribution is 5.95. The normalized spacial score (nSPS) is 12.7. The van der Waals surface area contributed by atoms with E-state index in [1.807, 2.05) is 0 Å². The van der Waals surface area contributed by atoms with Gasteiger partial charge in [-0.05, 0) is 32.1 Å². The van der Waals surface area contributed by atoms with Gasteiger partial charge in [-0.3, -0.25) is 4.79 Å². The number of nitrogens with two attached hydrogens (primary N) is 1. The second-order valence-corrected chi connectivity index (χ2v) is 6.84. The summed E-state index contributed by atoms with van der Waals surface area (Å²) in [5.74, 6) is -0.771. The van der Waals surface area contributed by atoms with E-state index in [1.54, 1.807) is 0 Å². The van der Waals surface area contributed by atoms with Crippen LogP contribution in [0.2, 0.25) is 0 Å². The van der Waals surface area contributed by atoms with Gasteiger partial charge in [-0.25, -0.2) is 0 Å². The largest absolute Gasteiger partial charge is 0.400 e. The smallest absolute Gasteiger partial charge is 0.313 e. The van der Waals surface area contributed by atoms with Crippen LogP contribution in [0.5, 0.6) is 0 Å². The lowest BCUT2D eigenvalue weighted by atomic mass is 10.1. The average Bonchev–Trinajstić information content (AvgIpc) is 3.07. The number of ketones is 1. The van der Waals surface area contributed by atoms with Gasteiger partial charge in [-0.2, -0.15) is 0 Å². The van der Waals surface area contributed by atoms with E-state index in [0.717, 1.165) is 25.7 Å². The molecule has 0 aliphatic heterocycles. The minimum absolute atomic E-state index is 0.163. The Bertz CT molecular complexity index is 514. The van der Waals surface area contributed by atoms with Gasteiger partial charge in [0, 0.05) is 0 Å². The summed E-state index contributed by atoms with van der Waals surface area (Å²) in [6.45, 7) is 2.25. The van der Waals surface area contributed by atoms with Crippen molar-refractivity contribution < 1.29 is 14.3 Å². The molecule has 1 heterocycles. The van der Waals surface area contributed by atoms with Gasteiger partial charge in [-0.15, -0.1) is 5.10 Å². The van der Waals surface area contributed by atoms with Gasteiger partial charge in [0.15, 0.2) is 0 Å². The number of anilines is 1. The third kappa shape index (κ3) is 10.3. The van der Waals surface area contributed by atoms with Crippen LogP contribution in [0.25, 0.3) is 0 Å². The maximum atomic E-state index is 11.8. The van der Waals surface area contributed by atoms with Gasteiger partial charge in [0.05, 0.1) is 0 Å². The summed E-state index contributed by atoms with van der Waals surface area (Å²) in [5.41, 5.74) is 5.27. The molecule has 0 aliphatic rings. The lowest BCUT2D eigenvalue weighted by molar-refractivity contribution is 0.0689. The van der Waals surface area contributed by atoms with Crippen LogP contribution in [0.3, 0.4) is 0 Å². The van der Waals surface area contributed by atoms with Crippen LogP contribution in [0.15, 0.2) is 16.6 Å². The number of aliphatic hydroxyl groups is 1. The van der Waals surface area contributed by atoms with Gasteiger partial charge in [0.25, 0.3) is 5.89 Å². The average molecular weight is 366 g/mol. The number of aliphatic hydroxyl groups excluding tert-OH is 1. The van der Waals surface area contributed by atoms with Gasteiger partial charge in [0.1, 0.15) is 6.10 Å². The molecule has 26 heavy (non-hydrogen) atoms. The maximum Gasteiger partial charge on any atom is 0.313 e. The molecule has 1 atom stereocenters. The van der Waals surface area contributed by atoms with E-state index in [2.05, 4.69) is 29.3 Å². The molecule has 0 spiro atoms. The number of hydrogen-bond acceptors (Lipinski definition) is 6. The van der Waals surface area contributed by atoms with E-state index in [1.165, 1.54) is 51.4 Å². The number of rotatable bonds is 16. The molecule has 0 aliphatic carbocycles. The number of Topliss-reactive ketones (excluding diaryl/α,β-unsaturated/α-hetero) is 1. The first-order valence-electron chi connectivity index (χ1n) is 10.1. The fourth-order valence-corrected chi connectivity index (χ4v) is 2.84. The molecular formula is C20H35N3O3. The summed E-state index contributed by atoms with van der Waals surface area (Å²) >= 11 is 0. The molecule has 0 aromatic carbocycles. The van der Waals surface area contributed by atoms with Crippen LogP contribution in [0, 0.1) is 0 Å². The molecule has 0 radical (unpaired) electrons. The predicted octanol–water partition coefficient (Wildman–Crippen LogP) is 4.84. The molecule has 6 heteroatoms. The highest BCUT2D eigenvalue weighted by atomic mass is 16.4. The molecule has 1 unspecified atom stereocenters. The Morgan fingerprint density at radius 2 is 1.58 bits per heavy atom. The number of carbonyl (C=O) groups excluding carboxylic acids is 1. The van der Waals surface area contributed by atoms with Crippen molar-refractivity contribution in [3.05, 3.63) is 18.0 Å². The molecule has 1 aromatic rings. The van der Waals surface area contributed by atoms with Crippen LogP contribution in [-0.4, -0.2) is 27.2 Å². The van der Waals surface area contributed by atoms with Crippen molar-refractivity contribution in [3.63, 3.8) is 0 Å². The first kappa shape index (κ1) is 22.4. The summed E-state index contributed by atoms with van der Waals surface area (Å²) < 4.78 is 4.83. The van der Waals surface area contributed by atoms with Crippen molar-refractivity contribution in [1.82, 2.24) is 10.2 Å². The topological polar surface area (TPSA) is 102 Å². The zero-order valence-electron chi connectivity index (χ0n) is 16.2. The molecule has 3 N–H and O–H groups in total. The first-order chi connectivity index (χ1) is 12.6. The zero-order chi connectivity index (χ0) is 19.0. The fourth-order valence-electron chi connectivity index (χ4n) is 2.84. The molecule has 148 valence electrons. The van der Waals surface area contributed by atoms with Crippen LogP contribution < -0.4 is 5.73 Å². The predicted molar refractivity (Wildman–Crippen MR) is 104 cm³/mol. The summed E-state index contributed by atoms with van der Waals surface area (Å²) in [4.78, 5) is 11.8. The van der Waals surface area contributed by atoms with Crippen molar-refractivity contribution in [2.75, 3.05) is 5.73 Å². The maximum absolute atomic E-state index is 11.8. The lowest BCUT2D eigenvalue weighted by Crippen LogP contribution is -2.20. The van der Waals surface area contributed by atoms with E-state index in [4.69, 9.17) is 10.2 Å². The summed E-state index contributed by atoms with van der Waals surface area (Å²) in [6.07, 6.45) is 18.4. The van der Waals surface area contributed by atoms with Gasteiger partial charge >= 0.3 is 6.01 Å². The Balaban J connectivity index is 1.93. The number of hydrogen-bond donors (Lipinski definition) is 2. The molecule has 0 bridgehead atoms. The Morgan fingerprint density at radius 3 is 2.15 bits per heavy atom. The van der Waals surface area contributed by atoms with Crippen LogP contribution in [0.1, 0.15) is 101 Å². The van der Waals surface area contributed by atoms with Crippen molar-refractivity contribution in [2.24, 2.45) is 0 Å². The Kier molecular flexibility index (Phi) is 12.4. The molecule has 0 amide bonds. The molecule has 6 nitrogen and oxygen atoms in total. The van der Waals surface area contributed by atoms with Crippen molar-refractivity contribution in [3.8, 4) is 0 Å². The van der Waals surface area contributed by atoms with E-state index in [-0.39, 0.29) is 11.9 Å². The highest BCUT2D eigenvalue weighted by Gasteiger charge is 2.22. The van der Waals surface area contributed by atoms with Gasteiger partial charge < -0.3 is 15.3 Å². The SMILES string of the molecule is CCCCCCCCC/C=C\CCCCCC(O)C(=O)c1nnc(N)o1. The van der Waals surface area contributed by atoms with E-state index < -0.39 is 11.9 Å². The van der Waals surface area contributed by atoms with Crippen LogP contribution in [0.4, 0.5) is 6.01 Å². The molecule has 0 saturated heterocycles. The molecule has 0 saturated carbocycles. The third-order valence-corrected chi connectivity index (χ3v) is 4.44. The molecule has 1 rings (SSSR count). The quantitative estimate of drug-likeness (QED) is 0.247. The number of nitrogens with zero attached hydrogens (tertiary/aromatic N) is 2. The fraction of sp³-hybridized carbons (Fsp3) is 0.750. The minimum atomic E-state index is -1.09. The van der Waals surface area contributed by atoms with Gasteiger partial charge in [0.2, 0.25) is 5.78 Å². The molecule has 0 fully saturated rings. The summed E-state index contributed by atoms with van der Waals surface area (Å²) in [7, 11) is 0. The Labute approximate surface area is 157 Å². The zero-order valence-corrected chi connectivity index (χ0v) is 16.2. The number of aromatic nitrogens is 2. The van der Waals surface area contributed by atoms with Crippen molar-refractivity contribution in [1.29, 1.82) is 0 Å². The highest BCUT2D eigenvalue weighted by Crippen LogP contribution is 2.12. The summed E-state index contributed by atoms with van der Waals surface area (Å²) in [6, 6.07) is -0.163. The second kappa shape index (κ2) is 14.5. The lowest BCUT2D eigenvalue weighted by Gasteiger charge is -2.06. The monoisotopic (exact) mass is 365 g/mol. The Hall–Kier alpha value is -1.69. The minimum Gasteiger partial charge on any atom is -0.400 e. The standard InChI is InChI=1S/C20H35N3O3/c1-2-3-4-5-6-7-8-9-10-11-12-13-14-15-16-17(24)18(25)19-22-23-20(21)26-19/h10-11,17,24H,2-9,12-16H2,1H3,(H2,21,23)/b11-10-. The number of carbonyl (C=O) groups is 1. The second-order valence-electron chi connectivity index (χ2n) is 6.84. The number of allylic oxidation sites excluding steroid dienone is 2. The number of unbranched alkanes of at least 4 members (excludes halogenated alkanes) is 10. The van der Waals surface area contributed by atoms with Crippen molar-refractivity contribution in [2.45, 2.75) is 96.5 Å². The Morgan fingerprint density at radius 1 is 1.00 bits per heavy atom. The van der Waals surface area contributed by atoms with Crippen LogP contribution >= 0.6 is 0 Å². The van der Waals surface area contributed by atoms with E-state index >= 15 is 0 Å². The van der Waals surface area contributed by atoms with Crippen LogP contribution in [-0.2, 0) is 0 Å². The number of nitrogen functional groups attached to an aromatic ring is 1. The molecule has 1 aromatic heterocycles. The third-order valence-electron chi connectivity index (χ3n) is 4.44.